The van der Waals surface area contributed by atoms with Gasteiger partial charge in [0.25, 0.3) is 5.91 Å². The molecular weight excluding hydrogens is 374 g/mol. The third-order valence-corrected chi connectivity index (χ3v) is 6.82. The number of fused-ring (bicyclic) bond motifs is 2. The summed E-state index contributed by atoms with van der Waals surface area (Å²) in [4.78, 5) is 27.1. The van der Waals surface area contributed by atoms with E-state index >= 15 is 0 Å². The van der Waals surface area contributed by atoms with Crippen LogP contribution in [0.4, 0.5) is 5.00 Å². The van der Waals surface area contributed by atoms with Crippen LogP contribution < -0.4 is 10.2 Å². The van der Waals surface area contributed by atoms with Crippen molar-refractivity contribution in [3.8, 4) is 6.07 Å². The summed E-state index contributed by atoms with van der Waals surface area (Å²) in [5, 5.41) is 13.1. The quantitative estimate of drug-likeness (QED) is 0.762. The Morgan fingerprint density at radius 2 is 2.11 bits per heavy atom. The molecule has 1 aliphatic carbocycles. The zero-order chi connectivity index (χ0) is 19.7. The molecular formula is C21H22N3O3S+. The van der Waals surface area contributed by atoms with Crippen LogP contribution >= 0.6 is 11.3 Å². The Hall–Kier alpha value is -2.69. The van der Waals surface area contributed by atoms with Crippen molar-refractivity contribution < 1.29 is 19.2 Å². The second-order valence-corrected chi connectivity index (χ2v) is 8.39. The van der Waals surface area contributed by atoms with E-state index < -0.39 is 6.04 Å². The van der Waals surface area contributed by atoms with Gasteiger partial charge in [-0.2, -0.15) is 5.26 Å². The average molecular weight is 396 g/mol. The number of amides is 1. The molecule has 4 rings (SSSR count). The first-order valence-corrected chi connectivity index (χ1v) is 10.3. The Kier molecular flexibility index (Phi) is 5.16. The summed E-state index contributed by atoms with van der Waals surface area (Å²) in [5.41, 5.74) is 3.98. The maximum atomic E-state index is 12.8. The fraction of sp³-hybridized carbons (Fsp3) is 0.381. The summed E-state index contributed by atoms with van der Waals surface area (Å²) >= 11 is 1.51. The zero-order valence-corrected chi connectivity index (χ0v) is 16.5. The molecule has 2 aliphatic rings. The number of hydrogen-bond donors (Lipinski definition) is 2. The standard InChI is InChI=1S/C21H21N3O3S/c1-27-21(26)17-9-13-5-2-3-6-14(13)11-24(17)12-19(25)23-20-16(10-22)15-7-4-8-18(15)28-20/h2-3,5-6,17H,4,7-9,11-12H2,1H3,(H,23,25)/p+1/t17-/m0/s1. The summed E-state index contributed by atoms with van der Waals surface area (Å²) in [6.07, 6.45) is 3.51. The Balaban J connectivity index is 1.52. The molecule has 144 valence electrons. The maximum Gasteiger partial charge on any atom is 0.365 e. The van der Waals surface area contributed by atoms with E-state index in [1.54, 1.807) is 0 Å². The van der Waals surface area contributed by atoms with Crippen molar-refractivity contribution in [1.29, 1.82) is 5.26 Å². The molecule has 7 heteroatoms. The van der Waals surface area contributed by atoms with Gasteiger partial charge in [0.2, 0.25) is 0 Å². The number of carbonyl (C=O) groups is 2. The van der Waals surface area contributed by atoms with E-state index in [2.05, 4.69) is 11.4 Å². The van der Waals surface area contributed by atoms with E-state index in [-0.39, 0.29) is 18.4 Å². The lowest BCUT2D eigenvalue weighted by molar-refractivity contribution is -0.924. The molecule has 0 bridgehead atoms. The lowest BCUT2D eigenvalue weighted by atomic mass is 9.94. The number of aryl methyl sites for hydroxylation is 1. The van der Waals surface area contributed by atoms with Gasteiger partial charge in [0.05, 0.1) is 12.7 Å². The third-order valence-electron chi connectivity index (χ3n) is 5.61. The molecule has 6 nitrogen and oxygen atoms in total. The van der Waals surface area contributed by atoms with Crippen LogP contribution in [-0.4, -0.2) is 31.6 Å². The molecule has 28 heavy (non-hydrogen) atoms. The second kappa shape index (κ2) is 7.74. The number of nitrogens with one attached hydrogen (secondary N) is 2. The fourth-order valence-corrected chi connectivity index (χ4v) is 5.48. The Bertz CT molecular complexity index is 976. The van der Waals surface area contributed by atoms with E-state index in [0.717, 1.165) is 40.9 Å². The smallest absolute Gasteiger partial charge is 0.365 e. The lowest BCUT2D eigenvalue weighted by Gasteiger charge is -2.31. The van der Waals surface area contributed by atoms with Gasteiger partial charge in [-0.3, -0.25) is 4.79 Å². The van der Waals surface area contributed by atoms with Crippen LogP contribution in [-0.2, 0) is 40.1 Å². The van der Waals surface area contributed by atoms with E-state index in [9.17, 15) is 14.9 Å². The number of rotatable bonds is 4. The molecule has 0 radical (unpaired) electrons. The Labute approximate surface area is 167 Å². The summed E-state index contributed by atoms with van der Waals surface area (Å²) in [6, 6.07) is 9.84. The van der Waals surface area contributed by atoms with Crippen LogP contribution in [0.15, 0.2) is 24.3 Å². The van der Waals surface area contributed by atoms with Crippen molar-refractivity contribution in [2.45, 2.75) is 38.3 Å². The van der Waals surface area contributed by atoms with Crippen LogP contribution in [0.1, 0.15) is 33.6 Å². The van der Waals surface area contributed by atoms with Crippen molar-refractivity contribution in [2.24, 2.45) is 0 Å². The van der Waals surface area contributed by atoms with Crippen molar-refractivity contribution in [2.75, 3.05) is 19.0 Å². The van der Waals surface area contributed by atoms with Gasteiger partial charge in [0.1, 0.15) is 17.6 Å². The topological polar surface area (TPSA) is 83.6 Å². The van der Waals surface area contributed by atoms with Gasteiger partial charge in [-0.25, -0.2) is 4.79 Å². The highest BCUT2D eigenvalue weighted by Gasteiger charge is 2.37. The van der Waals surface area contributed by atoms with Gasteiger partial charge in [-0.05, 0) is 30.4 Å². The predicted molar refractivity (Wildman–Crippen MR) is 105 cm³/mol. The van der Waals surface area contributed by atoms with Crippen LogP contribution in [0.3, 0.4) is 0 Å². The molecule has 2 atom stereocenters. The van der Waals surface area contributed by atoms with Gasteiger partial charge in [-0.1, -0.05) is 24.3 Å². The fourth-order valence-electron chi connectivity index (χ4n) is 4.23. The minimum absolute atomic E-state index is 0.154. The summed E-state index contributed by atoms with van der Waals surface area (Å²) in [6.45, 7) is 0.747. The zero-order valence-electron chi connectivity index (χ0n) is 15.7. The molecule has 0 fully saturated rings. The lowest BCUT2D eigenvalue weighted by Crippen LogP contribution is -3.17. The molecule has 0 saturated carbocycles. The number of methoxy groups -OCH3 is 1. The number of thiophene rings is 1. The van der Waals surface area contributed by atoms with Crippen molar-refractivity contribution in [1.82, 2.24) is 0 Å². The van der Waals surface area contributed by atoms with Crippen molar-refractivity contribution in [3.05, 3.63) is 51.4 Å². The molecule has 1 aromatic heterocycles. The average Bonchev–Trinajstić information content (AvgIpc) is 3.27. The van der Waals surface area contributed by atoms with E-state index in [4.69, 9.17) is 4.74 Å². The van der Waals surface area contributed by atoms with Crippen LogP contribution in [0, 0.1) is 11.3 Å². The van der Waals surface area contributed by atoms with Gasteiger partial charge < -0.3 is 15.0 Å². The van der Waals surface area contributed by atoms with Crippen LogP contribution in [0.5, 0.6) is 0 Å². The van der Waals surface area contributed by atoms with E-state index in [1.165, 1.54) is 23.3 Å². The first-order valence-electron chi connectivity index (χ1n) is 9.44. The van der Waals surface area contributed by atoms with Gasteiger partial charge >= 0.3 is 5.97 Å². The number of ether oxygens (including phenoxy) is 1. The molecule has 2 N–H and O–H groups in total. The number of hydrogen-bond acceptors (Lipinski definition) is 5. The molecule has 2 heterocycles. The number of quaternary nitrogens is 1. The van der Waals surface area contributed by atoms with E-state index in [0.29, 0.717) is 23.5 Å². The molecule has 1 amide bonds. The number of anilines is 1. The summed E-state index contributed by atoms with van der Waals surface area (Å²) in [7, 11) is 1.38. The minimum atomic E-state index is -0.408. The highest BCUT2D eigenvalue weighted by molar-refractivity contribution is 7.16. The van der Waals surface area contributed by atoms with E-state index in [1.807, 2.05) is 24.3 Å². The monoisotopic (exact) mass is 396 g/mol. The van der Waals surface area contributed by atoms with Crippen LogP contribution in [0.25, 0.3) is 0 Å². The molecule has 1 unspecified atom stereocenters. The van der Waals surface area contributed by atoms with Gasteiger partial charge in [-0.15, -0.1) is 11.3 Å². The minimum Gasteiger partial charge on any atom is -0.465 e. The van der Waals surface area contributed by atoms with Gasteiger partial charge in [0.15, 0.2) is 12.6 Å². The second-order valence-electron chi connectivity index (χ2n) is 7.28. The van der Waals surface area contributed by atoms with Crippen molar-refractivity contribution in [3.63, 3.8) is 0 Å². The van der Waals surface area contributed by atoms with Crippen molar-refractivity contribution >= 4 is 28.2 Å². The summed E-state index contributed by atoms with van der Waals surface area (Å²) < 4.78 is 4.98. The molecule has 1 aliphatic heterocycles. The third kappa shape index (κ3) is 3.41. The highest BCUT2D eigenvalue weighted by Crippen LogP contribution is 2.38. The van der Waals surface area contributed by atoms with Gasteiger partial charge in [0, 0.05) is 16.9 Å². The van der Waals surface area contributed by atoms with Crippen LogP contribution in [0.2, 0.25) is 0 Å². The first-order chi connectivity index (χ1) is 13.6. The highest BCUT2D eigenvalue weighted by atomic mass is 32.1. The Morgan fingerprint density at radius 3 is 2.86 bits per heavy atom. The molecule has 2 aromatic rings. The number of esters is 1. The maximum absolute atomic E-state index is 12.8. The SMILES string of the molecule is COC(=O)[C@@H]1Cc2ccccc2C[NH+]1CC(=O)Nc1sc2c(c1C#N)CCC2. The number of nitriles is 1. The molecule has 0 spiro atoms. The normalized spacial score (nSPS) is 20.0. The number of nitrogens with zero attached hydrogens (tertiary/aromatic N) is 1. The number of benzene rings is 1. The predicted octanol–water partition coefficient (Wildman–Crippen LogP) is 1.23. The first kappa shape index (κ1) is 18.7. The Morgan fingerprint density at radius 1 is 1.32 bits per heavy atom. The largest absolute Gasteiger partial charge is 0.465 e. The molecule has 0 saturated heterocycles. The molecule has 1 aromatic carbocycles. The number of carbonyl (C=O) groups excluding carboxylic acids is 2. The summed E-state index contributed by atoms with van der Waals surface area (Å²) in [5.74, 6) is -0.482.